The molecule has 4 aromatic carbocycles. The van der Waals surface area contributed by atoms with Crippen LogP contribution in [0.1, 0.15) is 246 Å². The van der Waals surface area contributed by atoms with Crippen molar-refractivity contribution in [1.82, 2.24) is 0 Å². The SMILES string of the molecule is CCCCCCc1cc(CCCCCC)cc([Si](c2cc(CCCCCC)cc(CCCCCC)c2)(c2cc(CCCCCC)cc(CCCCCC)c2)[c-]2c(C)cc(C)c2C)c1.[Cl-].[Cl-].[Cl-].[Ti+4]. The first-order valence-electron chi connectivity index (χ1n) is 27.4. The molecule has 5 heteroatoms. The van der Waals surface area contributed by atoms with Crippen LogP contribution in [0.15, 0.2) is 60.7 Å². The Bertz CT molecular complexity index is 1610. The van der Waals surface area contributed by atoms with E-state index in [1.54, 1.807) is 59.7 Å². The molecule has 0 atom stereocenters. The van der Waals surface area contributed by atoms with Gasteiger partial charge in [-0.3, -0.25) is 0 Å². The fourth-order valence-corrected chi connectivity index (χ4v) is 16.5. The van der Waals surface area contributed by atoms with E-state index in [0.717, 1.165) is 0 Å². The molecule has 0 heterocycles. The zero-order chi connectivity index (χ0) is 45.3. The Labute approximate surface area is 450 Å². The summed E-state index contributed by atoms with van der Waals surface area (Å²) in [5.74, 6) is 0. The maximum absolute atomic E-state index is 2.88. The van der Waals surface area contributed by atoms with Gasteiger partial charge in [-0.2, -0.15) is 16.7 Å². The minimum Gasteiger partial charge on any atom is -1.00 e. The smallest absolute Gasteiger partial charge is 1.00 e. The van der Waals surface area contributed by atoms with Crippen LogP contribution in [-0.2, 0) is 60.2 Å². The number of unbranched alkanes of at least 4 members (excludes halogenated alkanes) is 18. The van der Waals surface area contributed by atoms with Crippen LogP contribution < -0.4 is 58.0 Å². The molecule has 0 fully saturated rings. The summed E-state index contributed by atoms with van der Waals surface area (Å²) in [5, 5.41) is 6.69. The molecule has 0 saturated heterocycles. The van der Waals surface area contributed by atoms with Gasteiger partial charge in [0, 0.05) is 0 Å². The van der Waals surface area contributed by atoms with Gasteiger partial charge in [0.25, 0.3) is 0 Å². The van der Waals surface area contributed by atoms with Gasteiger partial charge in [0.1, 0.15) is 8.07 Å². The molecule has 0 aliphatic carbocycles. The molecule has 0 aromatic heterocycles. The Morgan fingerprint density at radius 3 is 0.716 bits per heavy atom. The Kier molecular flexibility index (Phi) is 36.9. The molecule has 0 saturated carbocycles. The van der Waals surface area contributed by atoms with Gasteiger partial charge in [-0.05, 0) is 110 Å². The van der Waals surface area contributed by atoms with Gasteiger partial charge in [-0.15, -0.1) is 5.19 Å². The summed E-state index contributed by atoms with van der Waals surface area (Å²) in [6, 6.07) is 27.3. The predicted octanol–water partition coefficient (Wildman–Crippen LogP) is 7.45. The number of hydrogen-bond donors (Lipinski definition) is 0. The van der Waals surface area contributed by atoms with Gasteiger partial charge in [-0.1, -0.05) is 248 Å². The van der Waals surface area contributed by atoms with E-state index in [1.165, 1.54) is 204 Å². The van der Waals surface area contributed by atoms with Crippen molar-refractivity contribution in [3.05, 3.63) is 111 Å². The maximum Gasteiger partial charge on any atom is 4.00 e. The van der Waals surface area contributed by atoms with Crippen molar-refractivity contribution < 1.29 is 58.9 Å². The second-order valence-electron chi connectivity index (χ2n) is 20.2. The van der Waals surface area contributed by atoms with Crippen LogP contribution in [-0.4, -0.2) is 8.07 Å². The van der Waals surface area contributed by atoms with Crippen LogP contribution in [0, 0.1) is 20.8 Å². The Hall–Kier alpha value is -1.19. The summed E-state index contributed by atoms with van der Waals surface area (Å²) < 4.78 is 0. The Morgan fingerprint density at radius 1 is 0.313 bits per heavy atom. The van der Waals surface area contributed by atoms with Crippen molar-refractivity contribution in [3.8, 4) is 0 Å². The van der Waals surface area contributed by atoms with E-state index in [1.807, 2.05) is 0 Å². The molecule has 0 radical (unpaired) electrons. The van der Waals surface area contributed by atoms with E-state index in [-0.39, 0.29) is 58.9 Å². The molecule has 0 bridgehead atoms. The van der Waals surface area contributed by atoms with E-state index in [2.05, 4.69) is 123 Å². The normalized spacial score (nSPS) is 11.2. The van der Waals surface area contributed by atoms with Crippen molar-refractivity contribution in [2.24, 2.45) is 0 Å². The molecular weight excluding hydrogens is 927 g/mol. The van der Waals surface area contributed by atoms with Crippen LogP contribution in [0.4, 0.5) is 0 Å². The van der Waals surface area contributed by atoms with Gasteiger partial charge in [0.05, 0.1) is 0 Å². The summed E-state index contributed by atoms with van der Waals surface area (Å²) in [6.07, 6.45) is 38.7. The maximum atomic E-state index is 2.79. The van der Waals surface area contributed by atoms with Crippen LogP contribution >= 0.6 is 0 Å². The topological polar surface area (TPSA) is 0 Å². The molecule has 67 heavy (non-hydrogen) atoms. The summed E-state index contributed by atoms with van der Waals surface area (Å²) in [4.78, 5) is 0. The van der Waals surface area contributed by atoms with Crippen molar-refractivity contribution in [3.63, 3.8) is 0 Å². The molecule has 374 valence electrons. The fraction of sp³-hybridized carbons (Fsp3) is 0.629. The third-order valence-corrected chi connectivity index (χ3v) is 19.5. The fourth-order valence-electron chi connectivity index (χ4n) is 10.8. The van der Waals surface area contributed by atoms with Crippen molar-refractivity contribution in [1.29, 1.82) is 0 Å². The van der Waals surface area contributed by atoms with Crippen LogP contribution in [0.5, 0.6) is 0 Å². The first-order valence-corrected chi connectivity index (χ1v) is 29.4. The molecule has 4 aromatic rings. The predicted molar refractivity (Wildman–Crippen MR) is 287 cm³/mol. The van der Waals surface area contributed by atoms with Crippen LogP contribution in [0.2, 0.25) is 0 Å². The van der Waals surface area contributed by atoms with Gasteiger partial charge in [-0.25, -0.2) is 6.07 Å². The Balaban J connectivity index is 0.0000109. The minimum absolute atomic E-state index is 0. The molecule has 4 rings (SSSR count). The molecule has 0 N–H and O–H groups in total. The molecule has 0 unspecified atom stereocenters. The standard InChI is InChI=1S/C62H97Si.3ClH.Ti/c1-10-16-22-28-34-53-41-54(35-29-23-17-11-2)45-59(44-53)63(62-51(8)40-50(7)52(62)9,60-46-55(36-30-24-18-12-3)42-56(47-60)37-31-25-19-13-4)61-48-57(38-32-26-20-14-5)43-58(49-61)39-33-27-21-15-6;;;;/h40-49H,10-39H2,1-9H3;3*1H;/q-1;;;;+4/p-3. The third-order valence-electron chi connectivity index (χ3n) is 14.5. The van der Waals surface area contributed by atoms with Crippen molar-refractivity contribution in [2.75, 3.05) is 0 Å². The summed E-state index contributed by atoms with van der Waals surface area (Å²) in [6.45, 7) is 21.5. The quantitative estimate of drug-likeness (QED) is 0.0198. The van der Waals surface area contributed by atoms with Gasteiger partial charge >= 0.3 is 21.7 Å². The number of aryl methyl sites for hydroxylation is 8. The minimum atomic E-state index is -2.88. The second kappa shape index (κ2) is 37.6. The van der Waals surface area contributed by atoms with Gasteiger partial charge < -0.3 is 37.2 Å². The average Bonchev–Trinajstić information content (AvgIpc) is 3.54. The molecule has 0 aliphatic rings. The number of benzene rings is 3. The molecule has 0 nitrogen and oxygen atoms in total. The third kappa shape index (κ3) is 20.8. The zero-order valence-electron chi connectivity index (χ0n) is 44.6. The van der Waals surface area contributed by atoms with E-state index in [9.17, 15) is 0 Å². The molecule has 0 spiro atoms. The summed E-state index contributed by atoms with van der Waals surface area (Å²) in [7, 11) is -2.88. The average molecular weight is 1020 g/mol. The second-order valence-corrected chi connectivity index (χ2v) is 24.0. The van der Waals surface area contributed by atoms with Gasteiger partial charge in [0.15, 0.2) is 0 Å². The number of rotatable bonds is 34. The van der Waals surface area contributed by atoms with E-state index in [4.69, 9.17) is 0 Å². The number of hydrogen-bond acceptors (Lipinski definition) is 0. The zero-order valence-corrected chi connectivity index (χ0v) is 49.4. The van der Waals surface area contributed by atoms with Crippen molar-refractivity contribution in [2.45, 2.75) is 255 Å². The molecule has 0 amide bonds. The summed E-state index contributed by atoms with van der Waals surface area (Å²) in [5.41, 5.74) is 14.1. The van der Waals surface area contributed by atoms with Crippen molar-refractivity contribution >= 4 is 28.8 Å². The van der Waals surface area contributed by atoms with E-state index in [0.29, 0.717) is 0 Å². The summed E-state index contributed by atoms with van der Waals surface area (Å²) >= 11 is 0. The van der Waals surface area contributed by atoms with E-state index < -0.39 is 8.07 Å². The van der Waals surface area contributed by atoms with Crippen LogP contribution in [0.25, 0.3) is 0 Å². The van der Waals surface area contributed by atoms with Gasteiger partial charge in [0.2, 0.25) is 0 Å². The molecule has 0 aliphatic heterocycles. The largest absolute Gasteiger partial charge is 4.00 e. The molecular formula is C62H97Cl3SiTi. The first kappa shape index (κ1) is 65.8. The Morgan fingerprint density at radius 2 is 0.537 bits per heavy atom. The monoisotopic (exact) mass is 1020 g/mol. The van der Waals surface area contributed by atoms with Crippen LogP contribution in [0.3, 0.4) is 0 Å². The number of halogens is 3. The first-order chi connectivity index (χ1) is 30.7. The van der Waals surface area contributed by atoms with E-state index >= 15 is 0 Å².